The Balaban J connectivity index is 2.13. The van der Waals surface area contributed by atoms with Crippen LogP contribution in [0.3, 0.4) is 0 Å². The second-order valence-electron chi connectivity index (χ2n) is 4.95. The summed E-state index contributed by atoms with van der Waals surface area (Å²) < 4.78 is 0. The number of rotatable bonds is 3. The van der Waals surface area contributed by atoms with E-state index >= 15 is 0 Å². The molecule has 0 heterocycles. The lowest BCUT2D eigenvalue weighted by atomic mass is 9.95. The van der Waals surface area contributed by atoms with Gasteiger partial charge in [0.1, 0.15) is 0 Å². The maximum atomic E-state index is 2.30. The summed E-state index contributed by atoms with van der Waals surface area (Å²) in [5, 5.41) is 2.59. The molecule has 0 N–H and O–H groups in total. The van der Waals surface area contributed by atoms with Gasteiger partial charge in [-0.1, -0.05) is 79.7 Å². The van der Waals surface area contributed by atoms with Crippen LogP contribution in [0.4, 0.5) is 0 Å². The van der Waals surface area contributed by atoms with Crippen LogP contribution in [0.1, 0.15) is 24.5 Å². The van der Waals surface area contributed by atoms with Crippen molar-refractivity contribution in [1.82, 2.24) is 0 Å². The summed E-state index contributed by atoms with van der Waals surface area (Å²) >= 11 is 0. The van der Waals surface area contributed by atoms with E-state index in [0.29, 0.717) is 0 Å². The van der Waals surface area contributed by atoms with Crippen LogP contribution in [0.25, 0.3) is 16.3 Å². The number of benzene rings is 3. The largest absolute Gasteiger partial charge is 0.0763 e. The standard InChI is InChI=1S/C20H18/c1-2-8-20(17-10-4-3-5-11-17)19-14-13-16-9-6-7-12-18(16)15-19/h3-15H,2H2,1H3/b20-8+. The van der Waals surface area contributed by atoms with Crippen LogP contribution < -0.4 is 0 Å². The highest BCUT2D eigenvalue weighted by atomic mass is 14.1. The van der Waals surface area contributed by atoms with Gasteiger partial charge >= 0.3 is 0 Å². The minimum absolute atomic E-state index is 1.04. The van der Waals surface area contributed by atoms with Crippen LogP contribution in [0, 0.1) is 0 Å². The van der Waals surface area contributed by atoms with Gasteiger partial charge in [0, 0.05) is 0 Å². The van der Waals surface area contributed by atoms with Gasteiger partial charge in [0.2, 0.25) is 0 Å². The SMILES string of the molecule is CC/C=C(\c1ccccc1)c1ccc2ccccc2c1. The molecule has 0 aliphatic heterocycles. The molecule has 0 aliphatic carbocycles. The Kier molecular flexibility index (Phi) is 3.64. The second kappa shape index (κ2) is 5.75. The van der Waals surface area contributed by atoms with Gasteiger partial charge < -0.3 is 0 Å². The first kappa shape index (κ1) is 12.7. The summed E-state index contributed by atoms with van der Waals surface area (Å²) in [6, 6.07) is 25.8. The van der Waals surface area contributed by atoms with E-state index in [-0.39, 0.29) is 0 Å². The molecule has 98 valence electrons. The van der Waals surface area contributed by atoms with E-state index in [1.54, 1.807) is 0 Å². The molecule has 3 rings (SSSR count). The van der Waals surface area contributed by atoms with Crippen molar-refractivity contribution in [3.63, 3.8) is 0 Å². The highest BCUT2D eigenvalue weighted by Gasteiger charge is 2.04. The van der Waals surface area contributed by atoms with Crippen LogP contribution in [-0.2, 0) is 0 Å². The fourth-order valence-electron chi connectivity index (χ4n) is 2.58. The van der Waals surface area contributed by atoms with E-state index in [1.165, 1.54) is 27.5 Å². The van der Waals surface area contributed by atoms with E-state index in [1.807, 2.05) is 0 Å². The average molecular weight is 258 g/mol. The molecule has 0 unspecified atom stereocenters. The summed E-state index contributed by atoms with van der Waals surface area (Å²) in [5.41, 5.74) is 3.89. The summed E-state index contributed by atoms with van der Waals surface area (Å²) in [7, 11) is 0. The molecule has 0 fully saturated rings. The summed E-state index contributed by atoms with van der Waals surface area (Å²) in [6.07, 6.45) is 3.34. The third-order valence-electron chi connectivity index (χ3n) is 3.55. The Morgan fingerprint density at radius 3 is 2.20 bits per heavy atom. The first-order valence-electron chi connectivity index (χ1n) is 7.13. The van der Waals surface area contributed by atoms with E-state index < -0.39 is 0 Å². The average Bonchev–Trinajstić information content (AvgIpc) is 2.53. The maximum absolute atomic E-state index is 2.30. The Morgan fingerprint density at radius 1 is 0.750 bits per heavy atom. The monoisotopic (exact) mass is 258 g/mol. The number of hydrogen-bond donors (Lipinski definition) is 0. The van der Waals surface area contributed by atoms with Crippen molar-refractivity contribution in [3.05, 3.63) is 90.0 Å². The summed E-state index contributed by atoms with van der Waals surface area (Å²) in [5.74, 6) is 0. The molecule has 0 nitrogen and oxygen atoms in total. The van der Waals surface area contributed by atoms with Crippen LogP contribution >= 0.6 is 0 Å². The van der Waals surface area contributed by atoms with Crippen molar-refractivity contribution in [3.8, 4) is 0 Å². The molecule has 3 aromatic rings. The van der Waals surface area contributed by atoms with Crippen molar-refractivity contribution in [2.24, 2.45) is 0 Å². The molecule has 0 atom stereocenters. The van der Waals surface area contributed by atoms with E-state index in [4.69, 9.17) is 0 Å². The number of fused-ring (bicyclic) bond motifs is 1. The van der Waals surface area contributed by atoms with Gasteiger partial charge in [-0.15, -0.1) is 0 Å². The smallest absolute Gasteiger partial charge is 0.0151 e. The van der Waals surface area contributed by atoms with Gasteiger partial charge in [0.25, 0.3) is 0 Å². The fraction of sp³-hybridized carbons (Fsp3) is 0.100. The summed E-state index contributed by atoms with van der Waals surface area (Å²) in [4.78, 5) is 0. The molecule has 0 aromatic heterocycles. The van der Waals surface area contributed by atoms with Gasteiger partial charge in [-0.25, -0.2) is 0 Å². The van der Waals surface area contributed by atoms with Crippen LogP contribution in [0.2, 0.25) is 0 Å². The Morgan fingerprint density at radius 2 is 1.45 bits per heavy atom. The third kappa shape index (κ3) is 2.50. The zero-order chi connectivity index (χ0) is 13.8. The van der Waals surface area contributed by atoms with Crippen molar-refractivity contribution in [2.75, 3.05) is 0 Å². The Labute approximate surface area is 120 Å². The van der Waals surface area contributed by atoms with Gasteiger partial charge in [-0.05, 0) is 40.0 Å². The van der Waals surface area contributed by atoms with Crippen molar-refractivity contribution in [1.29, 1.82) is 0 Å². The third-order valence-corrected chi connectivity index (χ3v) is 3.55. The minimum Gasteiger partial charge on any atom is -0.0763 e. The normalized spacial score (nSPS) is 11.8. The molecule has 3 aromatic carbocycles. The highest BCUT2D eigenvalue weighted by molar-refractivity contribution is 5.89. The highest BCUT2D eigenvalue weighted by Crippen LogP contribution is 2.27. The Bertz CT molecular complexity index is 736. The second-order valence-corrected chi connectivity index (χ2v) is 4.95. The van der Waals surface area contributed by atoms with Gasteiger partial charge in [0.05, 0.1) is 0 Å². The van der Waals surface area contributed by atoms with Gasteiger partial charge in [-0.3, -0.25) is 0 Å². The molecule has 0 bridgehead atoms. The van der Waals surface area contributed by atoms with Gasteiger partial charge in [0.15, 0.2) is 0 Å². The topological polar surface area (TPSA) is 0 Å². The van der Waals surface area contributed by atoms with Crippen molar-refractivity contribution < 1.29 is 0 Å². The molecular weight excluding hydrogens is 240 g/mol. The molecule has 0 saturated carbocycles. The molecule has 0 saturated heterocycles. The van der Waals surface area contributed by atoms with E-state index in [0.717, 1.165) is 6.42 Å². The quantitative estimate of drug-likeness (QED) is 0.567. The lowest BCUT2D eigenvalue weighted by Gasteiger charge is -2.09. The maximum Gasteiger partial charge on any atom is -0.0151 e. The predicted octanol–water partition coefficient (Wildman–Crippen LogP) is 5.68. The van der Waals surface area contributed by atoms with Crippen LogP contribution in [0.15, 0.2) is 78.9 Å². The van der Waals surface area contributed by atoms with Crippen molar-refractivity contribution in [2.45, 2.75) is 13.3 Å². The Hall–Kier alpha value is -2.34. The zero-order valence-corrected chi connectivity index (χ0v) is 11.7. The van der Waals surface area contributed by atoms with E-state index in [2.05, 4.69) is 85.8 Å². The lowest BCUT2D eigenvalue weighted by molar-refractivity contribution is 1.22. The van der Waals surface area contributed by atoms with Crippen LogP contribution in [-0.4, -0.2) is 0 Å². The summed E-state index contributed by atoms with van der Waals surface area (Å²) in [6.45, 7) is 2.18. The molecule has 0 heteroatoms. The first-order valence-corrected chi connectivity index (χ1v) is 7.13. The molecule has 20 heavy (non-hydrogen) atoms. The van der Waals surface area contributed by atoms with E-state index in [9.17, 15) is 0 Å². The lowest BCUT2D eigenvalue weighted by Crippen LogP contribution is -1.88. The molecule has 0 aliphatic rings. The predicted molar refractivity (Wildman–Crippen MR) is 87.8 cm³/mol. The molecular formula is C20H18. The molecule has 0 radical (unpaired) electrons. The number of hydrogen-bond acceptors (Lipinski definition) is 0. The van der Waals surface area contributed by atoms with Crippen molar-refractivity contribution >= 4 is 16.3 Å². The van der Waals surface area contributed by atoms with Gasteiger partial charge in [-0.2, -0.15) is 0 Å². The number of allylic oxidation sites excluding steroid dienone is 1. The minimum atomic E-state index is 1.04. The first-order chi connectivity index (χ1) is 9.88. The molecule has 0 spiro atoms. The fourth-order valence-corrected chi connectivity index (χ4v) is 2.58. The van der Waals surface area contributed by atoms with Crippen LogP contribution in [0.5, 0.6) is 0 Å². The molecule has 0 amide bonds. The zero-order valence-electron chi connectivity index (χ0n) is 11.7.